The number of aromatic nitrogens is 1. The molecule has 2 aliphatic heterocycles. The van der Waals surface area contributed by atoms with Gasteiger partial charge in [-0.2, -0.15) is 13.2 Å². The topological polar surface area (TPSA) is 280 Å². The number of unbranched alkanes of at least 4 members (excludes halogenated alkanes) is 3. The van der Waals surface area contributed by atoms with Gasteiger partial charge in [0.05, 0.1) is 69.7 Å². The molecule has 2 aliphatic rings. The van der Waals surface area contributed by atoms with Crippen molar-refractivity contribution in [2.24, 2.45) is 5.41 Å². The first-order valence-electron chi connectivity index (χ1n) is 32.1. The van der Waals surface area contributed by atoms with Crippen molar-refractivity contribution in [3.63, 3.8) is 0 Å². The standard InChI is InChI=1S/C68H90N6O14S.C2HF3O2/c1-12-49(47-36-57(84-9)61(86-11)58(37-47)85-10)65(79)73-34-20-18-22-51(73)67(81)88-54(31-25-44-26-32-55(82-7)56(35-44)83-8)50-21-16-17-23-53(50)87-40-60(77)69-33-19-14-13-15-24-59(76)72-63(68(4,5)6)66(80)74-39-48(75)38-52(74)64(78)71-42(2)45-27-29-46(30-28-45)62-43(3)70-41-89-62;3-2(4,5)1(6)7/h16-17,21,23,26-30,32,35-37,41-42,48-49,51-52,54,63,75H,12-15,18-20,22,24-25,31,33-34,38-40H2,1-11H3,(H,69,77)(H,71,78)(H,72,76);(H,6,7). The number of halogens is 3. The smallest absolute Gasteiger partial charge is 0.490 e. The zero-order valence-corrected chi connectivity index (χ0v) is 57.2. The molecular weight excluding hydrogens is 1270 g/mol. The van der Waals surface area contributed by atoms with Gasteiger partial charge in [-0.15, -0.1) is 11.3 Å². The summed E-state index contributed by atoms with van der Waals surface area (Å²) in [6.45, 7) is 11.7. The Morgan fingerprint density at radius 3 is 2.00 bits per heavy atom. The van der Waals surface area contributed by atoms with Gasteiger partial charge in [0.2, 0.25) is 29.4 Å². The van der Waals surface area contributed by atoms with E-state index < -0.39 is 65.7 Å². The fourth-order valence-corrected chi connectivity index (χ4v) is 12.5. The number of hydrogen-bond donors (Lipinski definition) is 5. The largest absolute Gasteiger partial charge is 0.493 e. The van der Waals surface area contributed by atoms with Gasteiger partial charge in [-0.1, -0.05) is 89.1 Å². The number of rotatable bonds is 30. The Bertz CT molecular complexity index is 3410. The number of carbonyl (C=O) groups is 7. The minimum atomic E-state index is -5.08. The summed E-state index contributed by atoms with van der Waals surface area (Å²) in [7, 11) is 7.69. The second-order valence-electron chi connectivity index (χ2n) is 24.6. The molecule has 7 rings (SSSR count). The average Bonchev–Trinajstić information content (AvgIpc) is 1.27. The van der Waals surface area contributed by atoms with Crippen LogP contribution in [0.1, 0.15) is 151 Å². The minimum Gasteiger partial charge on any atom is -0.493 e. The number of thiazole rings is 1. The van der Waals surface area contributed by atoms with E-state index in [2.05, 4.69) is 20.9 Å². The molecule has 7 atom stereocenters. The number of ether oxygens (including phenoxy) is 7. The summed E-state index contributed by atoms with van der Waals surface area (Å²) < 4.78 is 72.3. The average molecular weight is 1360 g/mol. The number of β-amino-alcohol motifs (C(OH)–C–C–N with tert-alkyl or cyclic N) is 1. The number of benzene rings is 4. The number of carboxylic acid groups (broad SMARTS) is 1. The molecule has 22 nitrogen and oxygen atoms in total. The van der Waals surface area contributed by atoms with Crippen molar-refractivity contribution >= 4 is 52.8 Å². The molecule has 5 amide bonds. The number of carbonyl (C=O) groups excluding carboxylic acids is 6. The third-order valence-electron chi connectivity index (χ3n) is 16.8. The third kappa shape index (κ3) is 20.9. The Morgan fingerprint density at radius 2 is 1.40 bits per heavy atom. The number of piperidine rings is 1. The van der Waals surface area contributed by atoms with E-state index in [1.165, 1.54) is 26.2 Å². The summed E-state index contributed by atoms with van der Waals surface area (Å²) in [5, 5.41) is 26.8. The maximum Gasteiger partial charge on any atom is 0.490 e. The van der Waals surface area contributed by atoms with Crippen LogP contribution in [0.5, 0.6) is 34.5 Å². The van der Waals surface area contributed by atoms with Gasteiger partial charge in [-0.3, -0.25) is 24.0 Å². The SMILES string of the molecule is CCC(C(=O)N1CCCCC1C(=O)OC(CCc1ccc(OC)c(OC)c1)c1ccccc1OCC(=O)NCCCCCCC(=O)NC(C(=O)N1CC(O)CC1C(=O)NC(C)c1ccc(-c2scnc2C)cc1)C(C)(C)C)c1cc(OC)c(OC)c(OC)c1.O=C(O)C(F)(F)F. The maximum atomic E-state index is 14.7. The van der Waals surface area contributed by atoms with Crippen LogP contribution in [-0.4, -0.2) is 159 Å². The lowest BCUT2D eigenvalue weighted by atomic mass is 9.85. The summed E-state index contributed by atoms with van der Waals surface area (Å²) in [4.78, 5) is 101. The molecule has 0 saturated carbocycles. The van der Waals surface area contributed by atoms with E-state index in [0.29, 0.717) is 104 Å². The van der Waals surface area contributed by atoms with E-state index in [-0.39, 0.29) is 55.7 Å². The number of nitrogens with one attached hydrogen (secondary N) is 3. The van der Waals surface area contributed by atoms with Crippen LogP contribution in [-0.2, 0) is 44.7 Å². The van der Waals surface area contributed by atoms with E-state index in [9.17, 15) is 47.0 Å². The summed E-state index contributed by atoms with van der Waals surface area (Å²) in [6, 6.07) is 21.1. The summed E-state index contributed by atoms with van der Waals surface area (Å²) >= 11 is 1.57. The quantitative estimate of drug-likeness (QED) is 0.0211. The van der Waals surface area contributed by atoms with Crippen molar-refractivity contribution in [3.8, 4) is 44.9 Å². The number of alkyl halides is 3. The zero-order chi connectivity index (χ0) is 70.4. The lowest BCUT2D eigenvalue weighted by Crippen LogP contribution is -2.57. The molecule has 5 aromatic rings. The number of likely N-dealkylation sites (tertiary alicyclic amines) is 2. The molecular formula is C70H91F3N6O16S. The van der Waals surface area contributed by atoms with E-state index >= 15 is 0 Å². The lowest BCUT2D eigenvalue weighted by Gasteiger charge is -2.37. The third-order valence-corrected chi connectivity index (χ3v) is 17.8. The van der Waals surface area contributed by atoms with Crippen molar-refractivity contribution < 1.29 is 90.1 Å². The normalized spacial score (nSPS) is 16.7. The number of carboxylic acids is 1. The molecule has 1 aromatic heterocycles. The fourth-order valence-electron chi connectivity index (χ4n) is 11.6. The number of esters is 1. The molecule has 7 unspecified atom stereocenters. The number of nitrogens with zero attached hydrogens (tertiary/aromatic N) is 3. The van der Waals surface area contributed by atoms with E-state index in [1.54, 1.807) is 54.7 Å². The number of aliphatic hydroxyl groups excluding tert-OH is 1. The maximum absolute atomic E-state index is 14.7. The second kappa shape index (κ2) is 35.9. The fraction of sp³-hybridized carbons (Fsp3) is 0.514. The summed E-state index contributed by atoms with van der Waals surface area (Å²) in [6.07, 6.45) is -0.905. The van der Waals surface area contributed by atoms with E-state index in [4.69, 9.17) is 43.1 Å². The molecule has 0 radical (unpaired) electrons. The number of amides is 5. The van der Waals surface area contributed by atoms with Crippen LogP contribution in [0.3, 0.4) is 0 Å². The number of para-hydroxylation sites is 1. The zero-order valence-electron chi connectivity index (χ0n) is 56.4. The van der Waals surface area contributed by atoms with Gasteiger partial charge < -0.3 is 69.1 Å². The van der Waals surface area contributed by atoms with Crippen molar-refractivity contribution in [1.29, 1.82) is 0 Å². The highest BCUT2D eigenvalue weighted by molar-refractivity contribution is 7.13. The Hall–Kier alpha value is -8.65. The highest BCUT2D eigenvalue weighted by Crippen LogP contribution is 2.42. The highest BCUT2D eigenvalue weighted by atomic mass is 32.1. The van der Waals surface area contributed by atoms with Crippen LogP contribution in [0.4, 0.5) is 13.2 Å². The van der Waals surface area contributed by atoms with Crippen LogP contribution in [0.15, 0.2) is 84.4 Å². The number of aryl methyl sites for hydroxylation is 2. The molecule has 26 heteroatoms. The van der Waals surface area contributed by atoms with E-state index in [1.807, 2.05) is 102 Å². The van der Waals surface area contributed by atoms with Gasteiger partial charge in [-0.05, 0) is 123 Å². The molecule has 96 heavy (non-hydrogen) atoms. The molecule has 0 bridgehead atoms. The number of methoxy groups -OCH3 is 5. The Morgan fingerprint density at radius 1 is 0.740 bits per heavy atom. The highest BCUT2D eigenvalue weighted by Gasteiger charge is 2.45. The van der Waals surface area contributed by atoms with Crippen molar-refractivity contribution in [3.05, 3.63) is 112 Å². The summed E-state index contributed by atoms with van der Waals surface area (Å²) in [5.74, 6) is -2.86. The Labute approximate surface area is 562 Å². The Balaban J connectivity index is 0.00000197. The first-order valence-corrected chi connectivity index (χ1v) is 32.9. The van der Waals surface area contributed by atoms with E-state index in [0.717, 1.165) is 46.5 Å². The molecule has 2 fully saturated rings. The molecule has 2 saturated heterocycles. The van der Waals surface area contributed by atoms with Gasteiger partial charge in [0.25, 0.3) is 5.91 Å². The van der Waals surface area contributed by atoms with Crippen LogP contribution in [0.2, 0.25) is 0 Å². The number of hydrogen-bond acceptors (Lipinski definition) is 17. The van der Waals surface area contributed by atoms with Crippen LogP contribution < -0.4 is 44.4 Å². The first-order chi connectivity index (χ1) is 45.7. The Kier molecular flexibility index (Phi) is 28.6. The number of aliphatic carboxylic acids is 1. The van der Waals surface area contributed by atoms with Crippen LogP contribution in [0, 0.1) is 12.3 Å². The molecule has 3 heterocycles. The number of aliphatic hydroxyl groups is 1. The monoisotopic (exact) mass is 1360 g/mol. The van der Waals surface area contributed by atoms with Crippen LogP contribution in [0.25, 0.3) is 10.4 Å². The van der Waals surface area contributed by atoms with Gasteiger partial charge in [0, 0.05) is 38.0 Å². The van der Waals surface area contributed by atoms with Gasteiger partial charge in [0.15, 0.2) is 29.6 Å². The van der Waals surface area contributed by atoms with Gasteiger partial charge >= 0.3 is 18.1 Å². The van der Waals surface area contributed by atoms with Crippen LogP contribution >= 0.6 is 11.3 Å². The van der Waals surface area contributed by atoms with Crippen molar-refractivity contribution in [2.75, 3.05) is 61.8 Å². The van der Waals surface area contributed by atoms with Crippen molar-refractivity contribution in [1.82, 2.24) is 30.7 Å². The predicted octanol–water partition coefficient (Wildman–Crippen LogP) is 10.4. The molecule has 524 valence electrons. The lowest BCUT2D eigenvalue weighted by molar-refractivity contribution is -0.192. The van der Waals surface area contributed by atoms with Gasteiger partial charge in [-0.25, -0.2) is 14.6 Å². The second-order valence-corrected chi connectivity index (χ2v) is 25.5. The predicted molar refractivity (Wildman–Crippen MR) is 353 cm³/mol. The minimum absolute atomic E-state index is 0.0280. The first kappa shape index (κ1) is 76.4. The molecule has 5 N–H and O–H groups in total. The summed E-state index contributed by atoms with van der Waals surface area (Å²) in [5.41, 5.74) is 6.11. The van der Waals surface area contributed by atoms with Gasteiger partial charge in [0.1, 0.15) is 30.0 Å². The molecule has 0 spiro atoms. The van der Waals surface area contributed by atoms with Crippen molar-refractivity contribution in [2.45, 2.75) is 167 Å². The molecule has 0 aliphatic carbocycles. The molecule has 4 aromatic carbocycles.